The highest BCUT2D eigenvalue weighted by Gasteiger charge is 2.06. The molecule has 3 aromatic rings. The molecule has 0 radical (unpaired) electrons. The summed E-state index contributed by atoms with van der Waals surface area (Å²) in [5, 5.41) is 0. The molecule has 1 aromatic heterocycles. The summed E-state index contributed by atoms with van der Waals surface area (Å²) in [6, 6.07) is 16.8. The standard InChI is InChI=1S/C17H19N3/c1-13-8-9-15-16(10-13)19-17(18-15)12-20(2)11-14-6-4-3-5-7-14/h3-10H,11-12H2,1-2H3,(H,18,19). The van der Waals surface area contributed by atoms with Crippen molar-refractivity contribution in [3.05, 3.63) is 65.5 Å². The smallest absolute Gasteiger partial charge is 0.121 e. The number of benzene rings is 2. The van der Waals surface area contributed by atoms with E-state index in [4.69, 9.17) is 0 Å². The van der Waals surface area contributed by atoms with Crippen LogP contribution < -0.4 is 0 Å². The highest BCUT2D eigenvalue weighted by atomic mass is 15.1. The molecule has 0 aliphatic heterocycles. The van der Waals surface area contributed by atoms with Crippen molar-refractivity contribution in [2.45, 2.75) is 20.0 Å². The molecular formula is C17H19N3. The zero-order valence-corrected chi connectivity index (χ0v) is 11.9. The van der Waals surface area contributed by atoms with E-state index in [2.05, 4.69) is 71.3 Å². The highest BCUT2D eigenvalue weighted by molar-refractivity contribution is 5.75. The molecule has 0 unspecified atom stereocenters. The van der Waals surface area contributed by atoms with Gasteiger partial charge in [-0.15, -0.1) is 0 Å². The Labute approximate surface area is 119 Å². The molecule has 20 heavy (non-hydrogen) atoms. The molecular weight excluding hydrogens is 246 g/mol. The van der Waals surface area contributed by atoms with Gasteiger partial charge in [-0.2, -0.15) is 0 Å². The quantitative estimate of drug-likeness (QED) is 0.783. The molecule has 0 atom stereocenters. The lowest BCUT2D eigenvalue weighted by atomic mass is 10.2. The number of hydrogen-bond donors (Lipinski definition) is 1. The van der Waals surface area contributed by atoms with E-state index in [0.29, 0.717) is 0 Å². The largest absolute Gasteiger partial charge is 0.341 e. The predicted molar refractivity (Wildman–Crippen MR) is 82.4 cm³/mol. The van der Waals surface area contributed by atoms with Crippen molar-refractivity contribution in [1.29, 1.82) is 0 Å². The van der Waals surface area contributed by atoms with Crippen molar-refractivity contribution < 1.29 is 0 Å². The SMILES string of the molecule is Cc1ccc2nc(CN(C)Cc3ccccc3)[nH]c2c1. The Morgan fingerprint density at radius 1 is 1.05 bits per heavy atom. The van der Waals surface area contributed by atoms with Gasteiger partial charge in [0.25, 0.3) is 0 Å². The fraction of sp³-hybridized carbons (Fsp3) is 0.235. The Morgan fingerprint density at radius 3 is 2.65 bits per heavy atom. The Bertz CT molecular complexity index is 701. The molecule has 0 fully saturated rings. The molecule has 0 saturated heterocycles. The number of imidazole rings is 1. The van der Waals surface area contributed by atoms with Gasteiger partial charge < -0.3 is 4.98 Å². The summed E-state index contributed by atoms with van der Waals surface area (Å²) in [5.41, 5.74) is 4.74. The number of nitrogens with one attached hydrogen (secondary N) is 1. The third kappa shape index (κ3) is 2.89. The topological polar surface area (TPSA) is 31.9 Å². The first kappa shape index (κ1) is 12.9. The first-order valence-corrected chi connectivity index (χ1v) is 6.88. The van der Waals surface area contributed by atoms with Crippen LogP contribution in [-0.4, -0.2) is 21.9 Å². The number of aryl methyl sites for hydroxylation is 1. The number of hydrogen-bond acceptors (Lipinski definition) is 2. The molecule has 0 bridgehead atoms. The molecule has 0 spiro atoms. The van der Waals surface area contributed by atoms with Crippen LogP contribution in [0, 0.1) is 6.92 Å². The Hall–Kier alpha value is -2.13. The van der Waals surface area contributed by atoms with E-state index >= 15 is 0 Å². The normalized spacial score (nSPS) is 11.3. The maximum Gasteiger partial charge on any atom is 0.121 e. The molecule has 0 aliphatic carbocycles. The van der Waals surface area contributed by atoms with Crippen LogP contribution in [0.2, 0.25) is 0 Å². The molecule has 0 saturated carbocycles. The van der Waals surface area contributed by atoms with E-state index < -0.39 is 0 Å². The van der Waals surface area contributed by atoms with E-state index in [9.17, 15) is 0 Å². The maximum atomic E-state index is 4.64. The van der Waals surface area contributed by atoms with Gasteiger partial charge in [0.2, 0.25) is 0 Å². The van der Waals surface area contributed by atoms with Crippen LogP contribution in [-0.2, 0) is 13.1 Å². The van der Waals surface area contributed by atoms with Gasteiger partial charge in [0.15, 0.2) is 0 Å². The summed E-state index contributed by atoms with van der Waals surface area (Å²) in [6.07, 6.45) is 0. The van der Waals surface area contributed by atoms with Gasteiger partial charge >= 0.3 is 0 Å². The van der Waals surface area contributed by atoms with Gasteiger partial charge in [0.05, 0.1) is 17.6 Å². The number of H-pyrrole nitrogens is 1. The van der Waals surface area contributed by atoms with Crippen LogP contribution in [0.4, 0.5) is 0 Å². The van der Waals surface area contributed by atoms with E-state index in [0.717, 1.165) is 29.9 Å². The van der Waals surface area contributed by atoms with Crippen LogP contribution in [0.25, 0.3) is 11.0 Å². The average molecular weight is 265 g/mol. The highest BCUT2D eigenvalue weighted by Crippen LogP contribution is 2.14. The monoisotopic (exact) mass is 265 g/mol. The molecule has 0 aliphatic rings. The summed E-state index contributed by atoms with van der Waals surface area (Å²) < 4.78 is 0. The lowest BCUT2D eigenvalue weighted by Crippen LogP contribution is -2.17. The van der Waals surface area contributed by atoms with Crippen molar-refractivity contribution in [2.24, 2.45) is 0 Å². The number of nitrogens with zero attached hydrogens (tertiary/aromatic N) is 2. The van der Waals surface area contributed by atoms with Crippen molar-refractivity contribution in [3.8, 4) is 0 Å². The molecule has 3 rings (SSSR count). The number of aromatic amines is 1. The fourth-order valence-corrected chi connectivity index (χ4v) is 2.46. The van der Waals surface area contributed by atoms with Crippen molar-refractivity contribution in [1.82, 2.24) is 14.9 Å². The minimum absolute atomic E-state index is 0.822. The van der Waals surface area contributed by atoms with Gasteiger partial charge in [0, 0.05) is 6.54 Å². The van der Waals surface area contributed by atoms with E-state index in [1.807, 2.05) is 6.07 Å². The Morgan fingerprint density at radius 2 is 1.85 bits per heavy atom. The molecule has 0 amide bonds. The van der Waals surface area contributed by atoms with Crippen LogP contribution in [0.1, 0.15) is 17.0 Å². The van der Waals surface area contributed by atoms with Crippen LogP contribution in [0.5, 0.6) is 0 Å². The van der Waals surface area contributed by atoms with Gasteiger partial charge in [-0.05, 0) is 37.2 Å². The van der Waals surface area contributed by atoms with Crippen molar-refractivity contribution >= 4 is 11.0 Å². The van der Waals surface area contributed by atoms with E-state index in [1.165, 1.54) is 11.1 Å². The predicted octanol–water partition coefficient (Wildman–Crippen LogP) is 3.50. The second-order valence-electron chi connectivity index (χ2n) is 5.36. The van der Waals surface area contributed by atoms with E-state index in [-0.39, 0.29) is 0 Å². The summed E-state index contributed by atoms with van der Waals surface area (Å²) in [7, 11) is 2.12. The molecule has 3 heteroatoms. The third-order valence-electron chi connectivity index (χ3n) is 3.40. The van der Waals surface area contributed by atoms with Crippen LogP contribution >= 0.6 is 0 Å². The lowest BCUT2D eigenvalue weighted by Gasteiger charge is -2.14. The zero-order valence-electron chi connectivity index (χ0n) is 11.9. The molecule has 102 valence electrons. The maximum absolute atomic E-state index is 4.64. The summed E-state index contributed by atoms with van der Waals surface area (Å²) in [4.78, 5) is 10.3. The summed E-state index contributed by atoms with van der Waals surface area (Å²) in [5.74, 6) is 1.02. The van der Waals surface area contributed by atoms with Crippen LogP contribution in [0.3, 0.4) is 0 Å². The van der Waals surface area contributed by atoms with Gasteiger partial charge in [0.1, 0.15) is 5.82 Å². The Balaban J connectivity index is 1.72. The first-order valence-electron chi connectivity index (χ1n) is 6.88. The van der Waals surface area contributed by atoms with Gasteiger partial charge in [-0.25, -0.2) is 4.98 Å². The second-order valence-corrected chi connectivity index (χ2v) is 5.36. The molecule has 2 aromatic carbocycles. The molecule has 3 nitrogen and oxygen atoms in total. The second kappa shape index (κ2) is 5.47. The van der Waals surface area contributed by atoms with Crippen molar-refractivity contribution in [2.75, 3.05) is 7.05 Å². The third-order valence-corrected chi connectivity index (χ3v) is 3.40. The Kier molecular flexibility index (Phi) is 3.52. The van der Waals surface area contributed by atoms with Crippen LogP contribution in [0.15, 0.2) is 48.5 Å². The number of fused-ring (bicyclic) bond motifs is 1. The minimum Gasteiger partial charge on any atom is -0.341 e. The molecule has 1 heterocycles. The number of aromatic nitrogens is 2. The van der Waals surface area contributed by atoms with E-state index in [1.54, 1.807) is 0 Å². The summed E-state index contributed by atoms with van der Waals surface area (Å²) in [6.45, 7) is 3.85. The zero-order chi connectivity index (χ0) is 13.9. The lowest BCUT2D eigenvalue weighted by molar-refractivity contribution is 0.312. The van der Waals surface area contributed by atoms with Crippen molar-refractivity contribution in [3.63, 3.8) is 0 Å². The fourth-order valence-electron chi connectivity index (χ4n) is 2.46. The minimum atomic E-state index is 0.822. The number of rotatable bonds is 4. The van der Waals surface area contributed by atoms with Gasteiger partial charge in [-0.3, -0.25) is 4.90 Å². The molecule has 1 N–H and O–H groups in total. The first-order chi connectivity index (χ1) is 9.70. The average Bonchev–Trinajstić information content (AvgIpc) is 2.80. The summed E-state index contributed by atoms with van der Waals surface area (Å²) >= 11 is 0. The van der Waals surface area contributed by atoms with Gasteiger partial charge in [-0.1, -0.05) is 36.4 Å².